The number of alkyl halides is 2. The standard InChI is InChI=1S/C24H33F2NO5/c1-17(2)20(22(29)30)11-7-4-8-15-27-19(14-16-32-23(27)31)12-13-21(28)24(25,26)18-9-5-3-6-10-18/h3,5-6,9-10,12-13,17,19-21,28H,4,7-8,11,14-16H2,1-2H3,(H,29,30)/t19-,20?,21?/m0/s1. The number of unbranched alkanes of at least 4 members (excludes halogenated alkanes) is 2. The minimum Gasteiger partial charge on any atom is -0.481 e. The van der Waals surface area contributed by atoms with Gasteiger partial charge in [0.25, 0.3) is 0 Å². The Kier molecular flexibility index (Phi) is 9.62. The molecule has 32 heavy (non-hydrogen) atoms. The number of hydrogen-bond acceptors (Lipinski definition) is 4. The fourth-order valence-corrected chi connectivity index (χ4v) is 3.85. The van der Waals surface area contributed by atoms with Crippen LogP contribution in [0.3, 0.4) is 0 Å². The number of carbonyl (C=O) groups excluding carboxylic acids is 1. The van der Waals surface area contributed by atoms with E-state index in [1.807, 2.05) is 13.8 Å². The van der Waals surface area contributed by atoms with Crippen LogP contribution >= 0.6 is 0 Å². The molecule has 0 aliphatic carbocycles. The number of aliphatic hydroxyl groups is 1. The Labute approximate surface area is 187 Å². The molecule has 1 aromatic rings. The van der Waals surface area contributed by atoms with E-state index in [9.17, 15) is 28.6 Å². The van der Waals surface area contributed by atoms with E-state index in [-0.39, 0.29) is 18.1 Å². The largest absolute Gasteiger partial charge is 0.481 e. The van der Waals surface area contributed by atoms with Crippen LogP contribution in [-0.4, -0.2) is 52.5 Å². The molecule has 3 atom stereocenters. The molecule has 1 aliphatic rings. The van der Waals surface area contributed by atoms with Gasteiger partial charge in [-0.25, -0.2) is 4.79 Å². The van der Waals surface area contributed by atoms with Crippen molar-refractivity contribution in [2.45, 2.75) is 64.0 Å². The van der Waals surface area contributed by atoms with Gasteiger partial charge in [-0.1, -0.05) is 69.2 Å². The van der Waals surface area contributed by atoms with Crippen LogP contribution in [0.5, 0.6) is 0 Å². The van der Waals surface area contributed by atoms with Gasteiger partial charge in [0.15, 0.2) is 0 Å². The van der Waals surface area contributed by atoms with Gasteiger partial charge in [0.2, 0.25) is 0 Å². The number of amides is 1. The Bertz CT molecular complexity index is 769. The highest BCUT2D eigenvalue weighted by Gasteiger charge is 2.39. The molecule has 1 heterocycles. The summed E-state index contributed by atoms with van der Waals surface area (Å²) in [6.45, 7) is 4.33. The van der Waals surface area contributed by atoms with E-state index >= 15 is 0 Å². The second-order valence-electron chi connectivity index (χ2n) is 8.52. The Balaban J connectivity index is 1.91. The quantitative estimate of drug-likeness (QED) is 0.350. The maximum Gasteiger partial charge on any atom is 0.410 e. The van der Waals surface area contributed by atoms with Gasteiger partial charge >= 0.3 is 18.0 Å². The normalized spacial score (nSPS) is 19.2. The topological polar surface area (TPSA) is 87.1 Å². The first-order valence-electron chi connectivity index (χ1n) is 11.1. The Morgan fingerprint density at radius 3 is 2.56 bits per heavy atom. The van der Waals surface area contributed by atoms with Crippen LogP contribution in [0, 0.1) is 11.8 Å². The van der Waals surface area contributed by atoms with Crippen LogP contribution in [0.15, 0.2) is 42.5 Å². The van der Waals surface area contributed by atoms with Crippen molar-refractivity contribution in [1.29, 1.82) is 0 Å². The Hall–Kier alpha value is -2.48. The maximum atomic E-state index is 14.5. The summed E-state index contributed by atoms with van der Waals surface area (Å²) in [5, 5.41) is 19.3. The molecule has 1 saturated heterocycles. The number of cyclic esters (lactones) is 1. The van der Waals surface area contributed by atoms with Crippen molar-refractivity contribution in [3.8, 4) is 0 Å². The van der Waals surface area contributed by atoms with Crippen LogP contribution in [-0.2, 0) is 15.5 Å². The van der Waals surface area contributed by atoms with Crippen LogP contribution < -0.4 is 0 Å². The van der Waals surface area contributed by atoms with Crippen molar-refractivity contribution in [1.82, 2.24) is 4.90 Å². The smallest absolute Gasteiger partial charge is 0.410 e. The molecular formula is C24H33F2NO5. The van der Waals surface area contributed by atoms with Crippen molar-refractivity contribution >= 4 is 12.1 Å². The lowest BCUT2D eigenvalue weighted by molar-refractivity contribution is -0.143. The molecule has 0 aromatic heterocycles. The summed E-state index contributed by atoms with van der Waals surface area (Å²) in [6, 6.07) is 6.67. The molecule has 8 heteroatoms. The van der Waals surface area contributed by atoms with Gasteiger partial charge in [0.05, 0.1) is 18.6 Å². The average Bonchev–Trinajstić information content (AvgIpc) is 2.75. The number of aliphatic carboxylic acids is 1. The summed E-state index contributed by atoms with van der Waals surface area (Å²) in [7, 11) is 0. The second kappa shape index (κ2) is 11.9. The number of halogens is 2. The summed E-state index contributed by atoms with van der Waals surface area (Å²) in [4.78, 5) is 25.0. The van der Waals surface area contributed by atoms with Gasteiger partial charge in [0.1, 0.15) is 6.10 Å². The van der Waals surface area contributed by atoms with E-state index < -0.39 is 36.0 Å². The number of carboxylic acids is 1. The SMILES string of the molecule is CC(C)C(CCCCCN1C(=O)OCC[C@@H]1C=CC(O)C(F)(F)c1ccccc1)C(=O)O. The van der Waals surface area contributed by atoms with Crippen molar-refractivity contribution in [3.05, 3.63) is 48.0 Å². The molecule has 2 N–H and O–H groups in total. The van der Waals surface area contributed by atoms with E-state index in [2.05, 4.69) is 0 Å². The fourth-order valence-electron chi connectivity index (χ4n) is 3.85. The van der Waals surface area contributed by atoms with Gasteiger partial charge < -0.3 is 19.8 Å². The Morgan fingerprint density at radius 1 is 1.25 bits per heavy atom. The lowest BCUT2D eigenvalue weighted by Crippen LogP contribution is -2.45. The molecule has 1 fully saturated rings. The van der Waals surface area contributed by atoms with Gasteiger partial charge in [-0.3, -0.25) is 4.79 Å². The molecule has 6 nitrogen and oxygen atoms in total. The average molecular weight is 454 g/mol. The first kappa shape index (κ1) is 25.8. The fraction of sp³-hybridized carbons (Fsp3) is 0.583. The van der Waals surface area contributed by atoms with Crippen LogP contribution in [0.25, 0.3) is 0 Å². The van der Waals surface area contributed by atoms with Crippen LogP contribution in [0.2, 0.25) is 0 Å². The molecule has 0 bridgehead atoms. The van der Waals surface area contributed by atoms with Gasteiger partial charge in [-0.2, -0.15) is 8.78 Å². The van der Waals surface area contributed by atoms with Gasteiger partial charge in [-0.05, 0) is 18.8 Å². The molecule has 2 rings (SSSR count). The van der Waals surface area contributed by atoms with E-state index in [1.165, 1.54) is 35.2 Å². The minimum atomic E-state index is -3.45. The number of benzene rings is 1. The van der Waals surface area contributed by atoms with Crippen molar-refractivity contribution in [3.63, 3.8) is 0 Å². The lowest BCUT2D eigenvalue weighted by atomic mass is 9.90. The van der Waals surface area contributed by atoms with Crippen LogP contribution in [0.4, 0.5) is 13.6 Å². The molecular weight excluding hydrogens is 420 g/mol. The highest BCUT2D eigenvalue weighted by atomic mass is 19.3. The third-order valence-corrected chi connectivity index (χ3v) is 5.86. The summed E-state index contributed by atoms with van der Waals surface area (Å²) in [6.07, 6.45) is 3.08. The zero-order valence-electron chi connectivity index (χ0n) is 18.6. The van der Waals surface area contributed by atoms with Crippen LogP contribution in [0.1, 0.15) is 51.5 Å². The number of aliphatic hydroxyl groups excluding tert-OH is 1. The summed E-state index contributed by atoms with van der Waals surface area (Å²) in [5.74, 6) is -4.58. The zero-order chi connectivity index (χ0) is 23.7. The number of hydrogen-bond donors (Lipinski definition) is 2. The first-order valence-corrected chi connectivity index (χ1v) is 11.1. The predicted octanol–water partition coefficient (Wildman–Crippen LogP) is 4.82. The first-order chi connectivity index (χ1) is 15.1. The van der Waals surface area contributed by atoms with E-state index in [0.29, 0.717) is 25.8 Å². The monoisotopic (exact) mass is 453 g/mol. The predicted molar refractivity (Wildman–Crippen MR) is 116 cm³/mol. The third kappa shape index (κ3) is 7.02. The molecule has 0 saturated carbocycles. The van der Waals surface area contributed by atoms with Crippen molar-refractivity contribution in [2.75, 3.05) is 13.2 Å². The molecule has 0 radical (unpaired) electrons. The molecule has 0 spiro atoms. The van der Waals surface area contributed by atoms with E-state index in [1.54, 1.807) is 6.07 Å². The van der Waals surface area contributed by atoms with Crippen molar-refractivity contribution in [2.24, 2.45) is 11.8 Å². The second-order valence-corrected chi connectivity index (χ2v) is 8.52. The van der Waals surface area contributed by atoms with E-state index in [0.717, 1.165) is 18.9 Å². The maximum absolute atomic E-state index is 14.5. The summed E-state index contributed by atoms with van der Waals surface area (Å²) >= 11 is 0. The highest BCUT2D eigenvalue weighted by Crippen LogP contribution is 2.32. The molecule has 2 unspecified atom stereocenters. The van der Waals surface area contributed by atoms with E-state index in [4.69, 9.17) is 4.74 Å². The number of rotatable bonds is 12. The van der Waals surface area contributed by atoms with Gasteiger partial charge in [0, 0.05) is 18.5 Å². The molecule has 1 aromatic carbocycles. The highest BCUT2D eigenvalue weighted by molar-refractivity contribution is 5.70. The number of carboxylic acid groups (broad SMARTS) is 1. The third-order valence-electron chi connectivity index (χ3n) is 5.86. The Morgan fingerprint density at radius 2 is 1.94 bits per heavy atom. The molecule has 1 aliphatic heterocycles. The zero-order valence-corrected chi connectivity index (χ0v) is 18.6. The van der Waals surface area contributed by atoms with Gasteiger partial charge in [-0.15, -0.1) is 0 Å². The molecule has 1 amide bonds. The van der Waals surface area contributed by atoms with Crippen molar-refractivity contribution < 1.29 is 33.3 Å². The minimum absolute atomic E-state index is 0.0551. The lowest BCUT2D eigenvalue weighted by Gasteiger charge is -2.33. The number of nitrogens with zero attached hydrogens (tertiary/aromatic N) is 1. The summed E-state index contributed by atoms with van der Waals surface area (Å²) < 4.78 is 34.1. The molecule has 178 valence electrons. The number of ether oxygens (including phenoxy) is 1. The summed E-state index contributed by atoms with van der Waals surface area (Å²) in [5.41, 5.74) is -0.280. The number of carbonyl (C=O) groups is 2.